The molecule has 0 spiro atoms. The Bertz CT molecular complexity index is 131. The molecule has 0 heterocycles. The van der Waals surface area contributed by atoms with Crippen LogP contribution in [0.25, 0.3) is 0 Å². The summed E-state index contributed by atoms with van der Waals surface area (Å²) in [6.07, 6.45) is 0.851. The summed E-state index contributed by atoms with van der Waals surface area (Å²) in [5, 5.41) is 2.79. The van der Waals surface area contributed by atoms with Crippen LogP contribution < -0.4 is 5.32 Å². The van der Waals surface area contributed by atoms with E-state index < -0.39 is 0 Å². The Hall–Kier alpha value is -0.510. The van der Waals surface area contributed by atoms with Gasteiger partial charge in [-0.2, -0.15) is 0 Å². The lowest BCUT2D eigenvalue weighted by Gasteiger charge is -1.99. The molecule has 4 heteroatoms. The quantitative estimate of drug-likeness (QED) is 0.643. The van der Waals surface area contributed by atoms with Crippen LogP contribution in [-0.2, 0) is 9.59 Å². The highest BCUT2D eigenvalue weighted by atomic mass is 32.2. The van der Waals surface area contributed by atoms with Crippen molar-refractivity contribution in [3.05, 3.63) is 0 Å². The van der Waals surface area contributed by atoms with E-state index in [2.05, 4.69) is 5.32 Å². The number of rotatable bonds is 4. The average Bonchev–Trinajstić information content (AvgIpc) is 1.85. The lowest BCUT2D eigenvalue weighted by molar-refractivity contribution is -0.118. The first-order chi connectivity index (χ1) is 5.13. The van der Waals surface area contributed by atoms with E-state index in [9.17, 15) is 9.59 Å². The molecule has 1 amide bonds. The smallest absolute Gasteiger partial charge is 0.216 e. The molecule has 0 saturated carbocycles. The van der Waals surface area contributed by atoms with E-state index in [4.69, 9.17) is 0 Å². The molecule has 0 saturated heterocycles. The number of amides is 1. The second-order valence-electron chi connectivity index (χ2n) is 2.18. The highest BCUT2D eigenvalue weighted by Gasteiger charge is 1.94. The third kappa shape index (κ3) is 9.49. The predicted octanol–water partition coefficient (Wildman–Crippen LogP) is 0.792. The van der Waals surface area contributed by atoms with Crippen LogP contribution in [0.4, 0.5) is 0 Å². The van der Waals surface area contributed by atoms with Crippen molar-refractivity contribution in [1.82, 2.24) is 5.32 Å². The van der Waals surface area contributed by atoms with E-state index >= 15 is 0 Å². The topological polar surface area (TPSA) is 46.2 Å². The Labute approximate surface area is 70.9 Å². The van der Waals surface area contributed by atoms with Gasteiger partial charge in [0.1, 0.15) is 0 Å². The molecule has 64 valence electrons. The van der Waals surface area contributed by atoms with Gasteiger partial charge in [-0.25, -0.2) is 0 Å². The lowest BCUT2D eigenvalue weighted by atomic mass is 10.5. The van der Waals surface area contributed by atoms with Gasteiger partial charge >= 0.3 is 0 Å². The van der Waals surface area contributed by atoms with Crippen molar-refractivity contribution in [1.29, 1.82) is 0 Å². The molecule has 0 aliphatic heterocycles. The van der Waals surface area contributed by atoms with Gasteiger partial charge in [0.2, 0.25) is 5.91 Å². The number of nitrogens with one attached hydrogen (secondary N) is 1. The van der Waals surface area contributed by atoms with E-state index in [1.54, 1.807) is 6.92 Å². The molecule has 11 heavy (non-hydrogen) atoms. The van der Waals surface area contributed by atoms with Crippen LogP contribution in [0.1, 0.15) is 20.3 Å². The second kappa shape index (κ2) is 6.22. The second-order valence-corrected chi connectivity index (χ2v) is 3.45. The summed E-state index contributed by atoms with van der Waals surface area (Å²) in [5.41, 5.74) is 0. The molecule has 0 aromatic rings. The zero-order valence-corrected chi connectivity index (χ0v) is 7.66. The molecular formula is C7H13NO2S. The fourth-order valence-corrected chi connectivity index (χ4v) is 1.13. The Kier molecular flexibility index (Phi) is 5.93. The molecule has 3 nitrogen and oxygen atoms in total. The molecule has 0 aromatic carbocycles. The minimum absolute atomic E-state index is 0.0159. The van der Waals surface area contributed by atoms with Gasteiger partial charge in [-0.05, 0) is 6.42 Å². The monoisotopic (exact) mass is 175 g/mol. The van der Waals surface area contributed by atoms with Crippen molar-refractivity contribution < 1.29 is 9.59 Å². The van der Waals surface area contributed by atoms with Crippen molar-refractivity contribution in [2.24, 2.45) is 0 Å². The van der Waals surface area contributed by atoms with Crippen LogP contribution >= 0.6 is 11.8 Å². The van der Waals surface area contributed by atoms with Gasteiger partial charge in [0.05, 0.1) is 0 Å². The first-order valence-corrected chi connectivity index (χ1v) is 4.49. The average molecular weight is 175 g/mol. The first kappa shape index (κ1) is 10.5. The van der Waals surface area contributed by atoms with E-state index in [1.165, 1.54) is 18.7 Å². The molecule has 0 aromatic heterocycles. The van der Waals surface area contributed by atoms with Crippen LogP contribution in [0.15, 0.2) is 0 Å². The Morgan fingerprint density at radius 3 is 2.45 bits per heavy atom. The molecular weight excluding hydrogens is 162 g/mol. The number of hydrogen-bond acceptors (Lipinski definition) is 3. The Morgan fingerprint density at radius 1 is 1.36 bits per heavy atom. The van der Waals surface area contributed by atoms with Crippen LogP contribution in [0.2, 0.25) is 0 Å². The summed E-state index contributed by atoms with van der Waals surface area (Å²) in [7, 11) is 0. The van der Waals surface area contributed by atoms with Crippen LogP contribution in [0.5, 0.6) is 0 Å². The molecule has 0 aliphatic rings. The SMILES string of the molecule is CC(=O)NCCCSC(C)=O. The van der Waals surface area contributed by atoms with Gasteiger partial charge in [-0.15, -0.1) is 0 Å². The van der Waals surface area contributed by atoms with Crippen molar-refractivity contribution in [2.45, 2.75) is 20.3 Å². The lowest BCUT2D eigenvalue weighted by Crippen LogP contribution is -2.21. The van der Waals surface area contributed by atoms with E-state index in [0.29, 0.717) is 6.54 Å². The van der Waals surface area contributed by atoms with E-state index in [-0.39, 0.29) is 11.0 Å². The zero-order chi connectivity index (χ0) is 8.69. The standard InChI is InChI=1S/C7H13NO2S/c1-6(9)8-4-3-5-11-7(2)10/h3-5H2,1-2H3,(H,8,9). The summed E-state index contributed by atoms with van der Waals surface area (Å²) in [5.74, 6) is 0.771. The van der Waals surface area contributed by atoms with Gasteiger partial charge in [-0.3, -0.25) is 9.59 Å². The van der Waals surface area contributed by atoms with Crippen LogP contribution in [0.3, 0.4) is 0 Å². The Balaban J connectivity index is 3.03. The third-order valence-electron chi connectivity index (χ3n) is 1.00. The molecule has 1 N–H and O–H groups in total. The zero-order valence-electron chi connectivity index (χ0n) is 6.85. The maximum absolute atomic E-state index is 10.4. The van der Waals surface area contributed by atoms with Gasteiger partial charge < -0.3 is 5.32 Å². The minimum atomic E-state index is -0.0159. The van der Waals surface area contributed by atoms with Gasteiger partial charge in [-0.1, -0.05) is 11.8 Å². The van der Waals surface area contributed by atoms with Gasteiger partial charge in [0.25, 0.3) is 0 Å². The number of carbonyl (C=O) groups excluding carboxylic acids is 2. The minimum Gasteiger partial charge on any atom is -0.356 e. The van der Waals surface area contributed by atoms with E-state index in [0.717, 1.165) is 12.2 Å². The molecule has 0 fully saturated rings. The summed E-state index contributed by atoms with van der Waals surface area (Å²) in [6.45, 7) is 3.69. The molecule has 0 radical (unpaired) electrons. The highest BCUT2D eigenvalue weighted by Crippen LogP contribution is 2.01. The fourth-order valence-electron chi connectivity index (χ4n) is 0.552. The fraction of sp³-hybridized carbons (Fsp3) is 0.714. The van der Waals surface area contributed by atoms with Crippen LogP contribution in [-0.4, -0.2) is 23.3 Å². The van der Waals surface area contributed by atoms with Crippen molar-refractivity contribution >= 4 is 22.8 Å². The predicted molar refractivity (Wildman–Crippen MR) is 46.4 cm³/mol. The largest absolute Gasteiger partial charge is 0.356 e. The summed E-state index contributed by atoms with van der Waals surface area (Å²) in [6, 6.07) is 0. The van der Waals surface area contributed by atoms with Crippen molar-refractivity contribution in [2.75, 3.05) is 12.3 Å². The molecule has 0 atom stereocenters. The van der Waals surface area contributed by atoms with Crippen LogP contribution in [0, 0.1) is 0 Å². The highest BCUT2D eigenvalue weighted by molar-refractivity contribution is 8.13. The maximum Gasteiger partial charge on any atom is 0.216 e. The summed E-state index contributed by atoms with van der Waals surface area (Å²) in [4.78, 5) is 20.8. The number of hydrogen-bond donors (Lipinski definition) is 1. The third-order valence-corrected chi connectivity index (χ3v) is 1.90. The first-order valence-electron chi connectivity index (χ1n) is 3.50. The van der Waals surface area contributed by atoms with Gasteiger partial charge in [0.15, 0.2) is 5.12 Å². The molecule has 0 bridgehead atoms. The summed E-state index contributed by atoms with van der Waals surface area (Å²) < 4.78 is 0. The Morgan fingerprint density at radius 2 is 2.00 bits per heavy atom. The van der Waals surface area contributed by atoms with Crippen molar-refractivity contribution in [3.63, 3.8) is 0 Å². The summed E-state index contributed by atoms with van der Waals surface area (Å²) >= 11 is 1.29. The molecule has 0 unspecified atom stereocenters. The van der Waals surface area contributed by atoms with E-state index in [1.807, 2.05) is 0 Å². The normalized spacial score (nSPS) is 9.27. The number of carbonyl (C=O) groups is 2. The molecule has 0 aliphatic carbocycles. The number of thioether (sulfide) groups is 1. The van der Waals surface area contributed by atoms with Crippen molar-refractivity contribution in [3.8, 4) is 0 Å². The maximum atomic E-state index is 10.4. The van der Waals surface area contributed by atoms with Gasteiger partial charge in [0, 0.05) is 26.1 Å². The molecule has 0 rings (SSSR count).